The van der Waals surface area contributed by atoms with Crippen molar-refractivity contribution in [2.24, 2.45) is 0 Å². The van der Waals surface area contributed by atoms with Gasteiger partial charge in [-0.15, -0.1) is 11.3 Å². The predicted molar refractivity (Wildman–Crippen MR) is 66.6 cm³/mol. The zero-order valence-corrected chi connectivity index (χ0v) is 10.8. The summed E-state index contributed by atoms with van der Waals surface area (Å²) < 4.78 is 4.85. The number of thiazole rings is 1. The van der Waals surface area contributed by atoms with Gasteiger partial charge in [0.05, 0.1) is 16.8 Å². The summed E-state index contributed by atoms with van der Waals surface area (Å²) in [4.78, 5) is 16.0. The molecule has 0 saturated carbocycles. The number of furan rings is 1. The minimum absolute atomic E-state index is 0.118. The molecule has 90 valence electrons. The molecule has 0 aromatic carbocycles. The number of carbonyl (C=O) groups excluding carboxylic acids is 1. The van der Waals surface area contributed by atoms with Gasteiger partial charge >= 0.3 is 0 Å². The Bertz CT molecular complexity index is 521. The second-order valence-electron chi connectivity index (χ2n) is 3.50. The molecule has 1 amide bonds. The van der Waals surface area contributed by atoms with E-state index in [0.717, 1.165) is 17.1 Å². The Balaban J connectivity index is 1.83. The van der Waals surface area contributed by atoms with Crippen molar-refractivity contribution < 1.29 is 9.21 Å². The van der Waals surface area contributed by atoms with Gasteiger partial charge in [-0.2, -0.15) is 0 Å². The van der Waals surface area contributed by atoms with Crippen LogP contribution < -0.4 is 5.32 Å². The first-order chi connectivity index (χ1) is 8.16. The lowest BCUT2D eigenvalue weighted by Crippen LogP contribution is -2.25. The summed E-state index contributed by atoms with van der Waals surface area (Å²) in [7, 11) is 0. The number of aromatic nitrogens is 1. The van der Waals surface area contributed by atoms with Crippen molar-refractivity contribution in [3.05, 3.63) is 39.2 Å². The van der Waals surface area contributed by atoms with Crippen LogP contribution in [-0.2, 0) is 6.42 Å². The number of aryl methyl sites for hydroxylation is 1. The number of amides is 1. The quantitative estimate of drug-likeness (QED) is 0.929. The monoisotopic (exact) mass is 270 g/mol. The molecule has 17 heavy (non-hydrogen) atoms. The molecule has 0 aliphatic heterocycles. The summed E-state index contributed by atoms with van der Waals surface area (Å²) in [5.74, 6) is -0.225. The average molecular weight is 271 g/mol. The van der Waals surface area contributed by atoms with Gasteiger partial charge in [0, 0.05) is 24.0 Å². The number of nitrogens with zero attached hydrogens (tertiary/aromatic N) is 1. The third-order valence-corrected chi connectivity index (χ3v) is 3.47. The number of halogens is 1. The number of hydrogen-bond donors (Lipinski definition) is 1. The lowest BCUT2D eigenvalue weighted by molar-refractivity contribution is 0.0953. The molecule has 4 nitrogen and oxygen atoms in total. The van der Waals surface area contributed by atoms with Gasteiger partial charge in [-0.05, 0) is 24.6 Å². The summed E-state index contributed by atoms with van der Waals surface area (Å²) >= 11 is 7.29. The molecule has 2 aromatic heterocycles. The minimum atomic E-state index is -0.225. The van der Waals surface area contributed by atoms with E-state index in [0.29, 0.717) is 12.1 Å². The number of hydrogen-bond acceptors (Lipinski definition) is 4. The van der Waals surface area contributed by atoms with Crippen molar-refractivity contribution in [2.75, 3.05) is 6.54 Å². The van der Waals surface area contributed by atoms with E-state index in [-0.39, 0.29) is 11.1 Å². The lowest BCUT2D eigenvalue weighted by Gasteiger charge is -2.01. The van der Waals surface area contributed by atoms with E-state index in [4.69, 9.17) is 16.0 Å². The maximum atomic E-state index is 11.6. The van der Waals surface area contributed by atoms with Crippen molar-refractivity contribution in [3.8, 4) is 0 Å². The van der Waals surface area contributed by atoms with Crippen molar-refractivity contribution in [1.29, 1.82) is 0 Å². The minimum Gasteiger partial charge on any atom is -0.452 e. The predicted octanol–water partition coefficient (Wildman–Crippen LogP) is 2.67. The molecule has 0 aliphatic carbocycles. The topological polar surface area (TPSA) is 55.1 Å². The molecule has 2 heterocycles. The first-order valence-corrected chi connectivity index (χ1v) is 6.35. The second-order valence-corrected chi connectivity index (χ2v) is 4.78. The normalized spacial score (nSPS) is 10.5. The fraction of sp³-hybridized carbons (Fsp3) is 0.273. The van der Waals surface area contributed by atoms with E-state index in [1.165, 1.54) is 6.26 Å². The largest absolute Gasteiger partial charge is 0.452 e. The van der Waals surface area contributed by atoms with E-state index in [1.807, 2.05) is 12.3 Å². The highest BCUT2D eigenvalue weighted by atomic mass is 35.5. The van der Waals surface area contributed by atoms with Crippen LogP contribution in [0.1, 0.15) is 21.1 Å². The standard InChI is InChI=1S/C11H11ClN2O2S/c1-7-6-17-9(14-7)2-4-13-11(15)8-3-5-16-10(8)12/h3,5-6H,2,4H2,1H3,(H,13,15). The van der Waals surface area contributed by atoms with Crippen LogP contribution in [0, 0.1) is 6.92 Å². The molecular formula is C11H11ClN2O2S. The van der Waals surface area contributed by atoms with Crippen molar-refractivity contribution >= 4 is 28.8 Å². The van der Waals surface area contributed by atoms with Crippen LogP contribution in [0.2, 0.25) is 5.22 Å². The van der Waals surface area contributed by atoms with Crippen molar-refractivity contribution in [2.45, 2.75) is 13.3 Å². The smallest absolute Gasteiger partial charge is 0.256 e. The van der Waals surface area contributed by atoms with Gasteiger partial charge in [-0.1, -0.05) is 0 Å². The van der Waals surface area contributed by atoms with Crippen LogP contribution in [0.4, 0.5) is 0 Å². The summed E-state index contributed by atoms with van der Waals surface area (Å²) in [5.41, 5.74) is 1.37. The molecule has 0 bridgehead atoms. The molecule has 0 unspecified atom stereocenters. The van der Waals surface area contributed by atoms with Crippen molar-refractivity contribution in [3.63, 3.8) is 0 Å². The summed E-state index contributed by atoms with van der Waals surface area (Å²) in [6, 6.07) is 1.55. The Morgan fingerprint density at radius 3 is 3.06 bits per heavy atom. The molecule has 0 aliphatic rings. The fourth-order valence-electron chi connectivity index (χ4n) is 1.35. The fourth-order valence-corrected chi connectivity index (χ4v) is 2.33. The Hall–Kier alpha value is -1.33. The Morgan fingerprint density at radius 1 is 1.65 bits per heavy atom. The van der Waals surface area contributed by atoms with E-state index in [1.54, 1.807) is 17.4 Å². The molecule has 0 spiro atoms. The number of rotatable bonds is 4. The third kappa shape index (κ3) is 3.08. The van der Waals surface area contributed by atoms with Gasteiger partial charge in [0.2, 0.25) is 5.22 Å². The summed E-state index contributed by atoms with van der Waals surface area (Å²) in [6.45, 7) is 2.48. The zero-order valence-electron chi connectivity index (χ0n) is 9.20. The molecule has 0 atom stereocenters. The second kappa shape index (κ2) is 5.33. The highest BCUT2D eigenvalue weighted by Gasteiger charge is 2.12. The van der Waals surface area contributed by atoms with Crippen molar-refractivity contribution in [1.82, 2.24) is 10.3 Å². The molecule has 0 saturated heterocycles. The molecule has 6 heteroatoms. The van der Waals surface area contributed by atoms with Gasteiger partial charge in [0.15, 0.2) is 0 Å². The van der Waals surface area contributed by atoms with Gasteiger partial charge < -0.3 is 9.73 Å². The molecular weight excluding hydrogens is 260 g/mol. The maximum Gasteiger partial charge on any atom is 0.256 e. The number of nitrogens with one attached hydrogen (secondary N) is 1. The van der Waals surface area contributed by atoms with E-state index in [2.05, 4.69) is 10.3 Å². The highest BCUT2D eigenvalue weighted by molar-refractivity contribution is 7.09. The van der Waals surface area contributed by atoms with Crippen LogP contribution in [0.5, 0.6) is 0 Å². The van der Waals surface area contributed by atoms with Crippen LogP contribution in [0.15, 0.2) is 22.1 Å². The average Bonchev–Trinajstić information content (AvgIpc) is 2.87. The van der Waals surface area contributed by atoms with E-state index < -0.39 is 0 Å². The molecule has 0 fully saturated rings. The highest BCUT2D eigenvalue weighted by Crippen LogP contribution is 2.16. The first kappa shape index (κ1) is 12.1. The SMILES string of the molecule is Cc1csc(CCNC(=O)c2ccoc2Cl)n1. The van der Waals surface area contributed by atoms with Crippen LogP contribution in [0.25, 0.3) is 0 Å². The summed E-state index contributed by atoms with van der Waals surface area (Å²) in [6.07, 6.45) is 2.11. The van der Waals surface area contributed by atoms with E-state index >= 15 is 0 Å². The van der Waals surface area contributed by atoms with Gasteiger partial charge in [0.25, 0.3) is 5.91 Å². The molecule has 2 rings (SSSR count). The Labute approximate surface area is 108 Å². The summed E-state index contributed by atoms with van der Waals surface area (Å²) in [5, 5.41) is 5.89. The molecule has 0 radical (unpaired) electrons. The maximum absolute atomic E-state index is 11.6. The van der Waals surface area contributed by atoms with E-state index in [9.17, 15) is 4.79 Å². The first-order valence-electron chi connectivity index (χ1n) is 5.09. The third-order valence-electron chi connectivity index (χ3n) is 2.15. The van der Waals surface area contributed by atoms with Gasteiger partial charge in [0.1, 0.15) is 0 Å². The lowest BCUT2D eigenvalue weighted by atomic mass is 10.3. The molecule has 1 N–H and O–H groups in total. The van der Waals surface area contributed by atoms with Crippen LogP contribution in [0.3, 0.4) is 0 Å². The van der Waals surface area contributed by atoms with Crippen LogP contribution >= 0.6 is 22.9 Å². The Kier molecular flexibility index (Phi) is 3.81. The van der Waals surface area contributed by atoms with Gasteiger partial charge in [-0.3, -0.25) is 4.79 Å². The van der Waals surface area contributed by atoms with Crippen LogP contribution in [-0.4, -0.2) is 17.4 Å². The van der Waals surface area contributed by atoms with Gasteiger partial charge in [-0.25, -0.2) is 4.98 Å². The number of carbonyl (C=O) groups is 1. The zero-order chi connectivity index (χ0) is 12.3. The Morgan fingerprint density at radius 2 is 2.47 bits per heavy atom. The molecule has 2 aromatic rings.